The van der Waals surface area contributed by atoms with E-state index in [0.29, 0.717) is 11.4 Å². The van der Waals surface area contributed by atoms with Gasteiger partial charge in [-0.2, -0.15) is 5.10 Å². The summed E-state index contributed by atoms with van der Waals surface area (Å²) in [4.78, 5) is 14.9. The molecule has 2 aromatic carbocycles. The summed E-state index contributed by atoms with van der Waals surface area (Å²) in [6, 6.07) is 14.1. The molecule has 1 aliphatic rings. The fourth-order valence-corrected chi connectivity index (χ4v) is 3.44. The summed E-state index contributed by atoms with van der Waals surface area (Å²) in [5.74, 6) is -0.341. The molecule has 0 atom stereocenters. The van der Waals surface area contributed by atoms with E-state index in [2.05, 4.69) is 26.0 Å². The summed E-state index contributed by atoms with van der Waals surface area (Å²) in [7, 11) is 0. The van der Waals surface area contributed by atoms with E-state index >= 15 is 0 Å². The van der Waals surface area contributed by atoms with Crippen molar-refractivity contribution in [1.82, 2.24) is 14.7 Å². The van der Waals surface area contributed by atoms with Gasteiger partial charge in [-0.25, -0.2) is 9.07 Å². The molecule has 27 heavy (non-hydrogen) atoms. The largest absolute Gasteiger partial charge is 0.337 e. The van der Waals surface area contributed by atoms with Gasteiger partial charge in [0.1, 0.15) is 11.5 Å². The lowest BCUT2D eigenvalue weighted by Gasteiger charge is -2.16. The van der Waals surface area contributed by atoms with Crippen LogP contribution in [0.25, 0.3) is 16.9 Å². The average molecular weight is 363 g/mol. The Morgan fingerprint density at radius 1 is 0.963 bits per heavy atom. The SMILES string of the molecule is Cc1ccc(-c2cc(C(=O)N3CCCC3)n(-c3ccc(F)cc3)n2)cc1C. The Balaban J connectivity index is 1.82. The predicted octanol–water partition coefficient (Wildman–Crippen LogP) is 4.53. The van der Waals surface area contributed by atoms with Gasteiger partial charge in [0.05, 0.1) is 11.4 Å². The van der Waals surface area contributed by atoms with Crippen molar-refractivity contribution in [1.29, 1.82) is 0 Å². The van der Waals surface area contributed by atoms with Crippen LogP contribution in [0.3, 0.4) is 0 Å². The number of rotatable bonds is 3. The molecule has 1 aliphatic heterocycles. The Morgan fingerprint density at radius 2 is 1.67 bits per heavy atom. The fraction of sp³-hybridized carbons (Fsp3) is 0.273. The zero-order valence-electron chi connectivity index (χ0n) is 15.6. The minimum Gasteiger partial charge on any atom is -0.337 e. The molecule has 0 aliphatic carbocycles. The maximum atomic E-state index is 13.4. The molecule has 0 radical (unpaired) electrons. The summed E-state index contributed by atoms with van der Waals surface area (Å²) in [6.45, 7) is 5.67. The molecule has 0 unspecified atom stereocenters. The highest BCUT2D eigenvalue weighted by Crippen LogP contribution is 2.25. The zero-order valence-corrected chi connectivity index (χ0v) is 15.6. The minimum absolute atomic E-state index is 0.0283. The Kier molecular flexibility index (Phi) is 4.52. The molecule has 138 valence electrons. The van der Waals surface area contributed by atoms with Crippen LogP contribution in [0.4, 0.5) is 4.39 Å². The summed E-state index contributed by atoms with van der Waals surface area (Å²) in [5, 5.41) is 4.69. The van der Waals surface area contributed by atoms with Gasteiger partial charge in [0.2, 0.25) is 0 Å². The third kappa shape index (κ3) is 3.37. The lowest BCUT2D eigenvalue weighted by Crippen LogP contribution is -2.29. The van der Waals surface area contributed by atoms with Crippen molar-refractivity contribution >= 4 is 5.91 Å². The first-order valence-electron chi connectivity index (χ1n) is 9.26. The van der Waals surface area contributed by atoms with E-state index in [4.69, 9.17) is 5.10 Å². The van der Waals surface area contributed by atoms with Crippen LogP contribution in [-0.2, 0) is 0 Å². The minimum atomic E-state index is -0.312. The second-order valence-electron chi connectivity index (χ2n) is 7.10. The monoisotopic (exact) mass is 363 g/mol. The average Bonchev–Trinajstić information content (AvgIpc) is 3.34. The lowest BCUT2D eigenvalue weighted by atomic mass is 10.0. The molecule has 0 N–H and O–H groups in total. The molecule has 1 fully saturated rings. The smallest absolute Gasteiger partial charge is 0.272 e. The topological polar surface area (TPSA) is 38.1 Å². The highest BCUT2D eigenvalue weighted by atomic mass is 19.1. The molecule has 0 spiro atoms. The van der Waals surface area contributed by atoms with Crippen LogP contribution in [-0.4, -0.2) is 33.7 Å². The number of amides is 1. The fourth-order valence-electron chi connectivity index (χ4n) is 3.44. The first kappa shape index (κ1) is 17.5. The van der Waals surface area contributed by atoms with Gasteiger partial charge in [0.15, 0.2) is 0 Å². The molecule has 0 saturated carbocycles. The lowest BCUT2D eigenvalue weighted by molar-refractivity contribution is 0.0784. The highest BCUT2D eigenvalue weighted by Gasteiger charge is 2.25. The number of hydrogen-bond acceptors (Lipinski definition) is 2. The molecule has 1 aromatic heterocycles. The zero-order chi connectivity index (χ0) is 19.0. The Bertz CT molecular complexity index is 985. The number of benzene rings is 2. The first-order chi connectivity index (χ1) is 13.0. The molecule has 5 heteroatoms. The number of aryl methyl sites for hydroxylation is 2. The van der Waals surface area contributed by atoms with E-state index in [1.54, 1.807) is 16.8 Å². The standard InChI is InChI=1S/C22H22FN3O/c1-15-5-6-17(13-16(15)2)20-14-21(22(27)25-11-3-4-12-25)26(24-20)19-9-7-18(23)8-10-19/h5-10,13-14H,3-4,11-12H2,1-2H3. The van der Waals surface area contributed by atoms with Crippen LogP contribution in [0, 0.1) is 19.7 Å². The molecule has 1 amide bonds. The normalized spacial score (nSPS) is 14.0. The van der Waals surface area contributed by atoms with Crippen LogP contribution in [0.2, 0.25) is 0 Å². The predicted molar refractivity (Wildman–Crippen MR) is 104 cm³/mol. The molecule has 3 aromatic rings. The number of likely N-dealkylation sites (tertiary alicyclic amines) is 1. The van der Waals surface area contributed by atoms with E-state index < -0.39 is 0 Å². The molecule has 4 nitrogen and oxygen atoms in total. The van der Waals surface area contributed by atoms with Gasteiger partial charge in [-0.15, -0.1) is 0 Å². The molecule has 4 rings (SSSR count). The number of carbonyl (C=O) groups is 1. The van der Waals surface area contributed by atoms with E-state index in [-0.39, 0.29) is 11.7 Å². The van der Waals surface area contributed by atoms with Crippen LogP contribution >= 0.6 is 0 Å². The van der Waals surface area contributed by atoms with Gasteiger partial charge in [0.25, 0.3) is 5.91 Å². The number of nitrogens with zero attached hydrogens (tertiary/aromatic N) is 3. The van der Waals surface area contributed by atoms with E-state index in [0.717, 1.165) is 37.2 Å². The van der Waals surface area contributed by atoms with E-state index in [1.807, 2.05) is 17.0 Å². The van der Waals surface area contributed by atoms with Crippen LogP contribution in [0.5, 0.6) is 0 Å². The van der Waals surface area contributed by atoms with Crippen LogP contribution in [0.1, 0.15) is 34.5 Å². The summed E-state index contributed by atoms with van der Waals surface area (Å²) in [5.41, 5.74) is 5.28. The van der Waals surface area contributed by atoms with E-state index in [9.17, 15) is 9.18 Å². The molecular formula is C22H22FN3O. The summed E-state index contributed by atoms with van der Waals surface area (Å²) in [6.07, 6.45) is 2.06. The Morgan fingerprint density at radius 3 is 2.33 bits per heavy atom. The van der Waals surface area contributed by atoms with Gasteiger partial charge in [-0.1, -0.05) is 12.1 Å². The number of hydrogen-bond donors (Lipinski definition) is 0. The van der Waals surface area contributed by atoms with Gasteiger partial charge in [-0.05, 0) is 74.2 Å². The van der Waals surface area contributed by atoms with Crippen molar-refractivity contribution in [3.05, 3.63) is 71.2 Å². The molecule has 2 heterocycles. The second-order valence-corrected chi connectivity index (χ2v) is 7.10. The molecule has 0 bridgehead atoms. The van der Waals surface area contributed by atoms with Crippen molar-refractivity contribution in [2.45, 2.75) is 26.7 Å². The van der Waals surface area contributed by atoms with Crippen LogP contribution < -0.4 is 0 Å². The quantitative estimate of drug-likeness (QED) is 0.686. The maximum absolute atomic E-state index is 13.4. The van der Waals surface area contributed by atoms with Crippen molar-refractivity contribution in [3.63, 3.8) is 0 Å². The van der Waals surface area contributed by atoms with Crippen LogP contribution in [0.15, 0.2) is 48.5 Å². The van der Waals surface area contributed by atoms with Gasteiger partial charge in [-0.3, -0.25) is 4.79 Å². The van der Waals surface area contributed by atoms with Gasteiger partial charge in [0, 0.05) is 18.7 Å². The molecular weight excluding hydrogens is 341 g/mol. The van der Waals surface area contributed by atoms with Crippen molar-refractivity contribution in [2.24, 2.45) is 0 Å². The highest BCUT2D eigenvalue weighted by molar-refractivity contribution is 5.94. The second kappa shape index (κ2) is 6.99. The maximum Gasteiger partial charge on any atom is 0.272 e. The first-order valence-corrected chi connectivity index (χ1v) is 9.26. The number of aromatic nitrogens is 2. The van der Waals surface area contributed by atoms with Gasteiger partial charge < -0.3 is 4.90 Å². The third-order valence-corrected chi connectivity index (χ3v) is 5.20. The van der Waals surface area contributed by atoms with Crippen molar-refractivity contribution in [3.8, 4) is 16.9 Å². The summed E-state index contributed by atoms with van der Waals surface area (Å²) < 4.78 is 15.0. The number of carbonyl (C=O) groups excluding carboxylic acids is 1. The molecule has 1 saturated heterocycles. The van der Waals surface area contributed by atoms with Crippen molar-refractivity contribution < 1.29 is 9.18 Å². The Labute approximate surface area is 158 Å². The third-order valence-electron chi connectivity index (χ3n) is 5.20. The Hall–Kier alpha value is -2.95. The van der Waals surface area contributed by atoms with Crippen molar-refractivity contribution in [2.75, 3.05) is 13.1 Å². The number of halogens is 1. The summed E-state index contributed by atoms with van der Waals surface area (Å²) >= 11 is 0. The van der Waals surface area contributed by atoms with E-state index in [1.165, 1.54) is 23.3 Å². The van der Waals surface area contributed by atoms with Gasteiger partial charge >= 0.3 is 0 Å².